The van der Waals surface area contributed by atoms with Crippen LogP contribution in [0.25, 0.3) is 0 Å². The predicted molar refractivity (Wildman–Crippen MR) is 54.5 cm³/mol. The van der Waals surface area contributed by atoms with Gasteiger partial charge < -0.3 is 4.90 Å². The fraction of sp³-hybridized carbons (Fsp3) is 0.800. The van der Waals surface area contributed by atoms with Crippen LogP contribution in [0.3, 0.4) is 0 Å². The van der Waals surface area contributed by atoms with Gasteiger partial charge in [0.1, 0.15) is 0 Å². The van der Waals surface area contributed by atoms with Crippen molar-refractivity contribution in [3.05, 3.63) is 0 Å². The van der Waals surface area contributed by atoms with Gasteiger partial charge in [-0.2, -0.15) is 0 Å². The highest BCUT2D eigenvalue weighted by atomic mass is 16.2. The number of nitrogens with one attached hydrogen (secondary N) is 1. The Morgan fingerprint density at radius 3 is 2.14 bits per heavy atom. The summed E-state index contributed by atoms with van der Waals surface area (Å²) in [5.41, 5.74) is 6.77. The summed E-state index contributed by atoms with van der Waals surface area (Å²) in [6.07, 6.45) is 2.40. The van der Waals surface area contributed by atoms with E-state index in [9.17, 15) is 9.59 Å². The zero-order chi connectivity index (χ0) is 11.0. The monoisotopic (exact) mass is 199 g/mol. The van der Waals surface area contributed by atoms with Gasteiger partial charge in [-0.15, -0.1) is 0 Å². The van der Waals surface area contributed by atoms with Crippen LogP contribution in [0.15, 0.2) is 0 Å². The molecular formula is C10H19N2O2. The van der Waals surface area contributed by atoms with E-state index in [2.05, 4.69) is 0 Å². The van der Waals surface area contributed by atoms with Crippen molar-refractivity contribution in [3.8, 4) is 0 Å². The molecule has 81 valence electrons. The van der Waals surface area contributed by atoms with Gasteiger partial charge in [0.2, 0.25) is 11.8 Å². The zero-order valence-corrected chi connectivity index (χ0v) is 9.01. The summed E-state index contributed by atoms with van der Waals surface area (Å²) in [6.45, 7) is 5.04. The molecule has 0 bridgehead atoms. The van der Waals surface area contributed by atoms with Crippen molar-refractivity contribution in [3.63, 3.8) is 0 Å². The highest BCUT2D eigenvalue weighted by Gasteiger charge is 2.11. The van der Waals surface area contributed by atoms with Crippen LogP contribution in [-0.4, -0.2) is 29.8 Å². The summed E-state index contributed by atoms with van der Waals surface area (Å²) in [6, 6.07) is 0. The van der Waals surface area contributed by atoms with Gasteiger partial charge in [-0.3, -0.25) is 15.3 Å². The first-order valence-electron chi connectivity index (χ1n) is 5.14. The molecule has 0 saturated carbocycles. The number of rotatable bonds is 7. The maximum atomic E-state index is 11.5. The van der Waals surface area contributed by atoms with Gasteiger partial charge in [-0.05, 0) is 12.8 Å². The Labute approximate surface area is 85.4 Å². The number of hydrogen-bond donors (Lipinski definition) is 0. The van der Waals surface area contributed by atoms with E-state index in [4.69, 9.17) is 5.73 Å². The van der Waals surface area contributed by atoms with E-state index < -0.39 is 5.91 Å². The molecule has 14 heavy (non-hydrogen) atoms. The molecule has 0 heterocycles. The molecule has 0 aromatic rings. The highest BCUT2D eigenvalue weighted by molar-refractivity contribution is 5.77. The Bertz CT molecular complexity index is 193. The van der Waals surface area contributed by atoms with Crippen LogP contribution in [0, 0.1) is 0 Å². The van der Waals surface area contributed by atoms with E-state index in [1.807, 2.05) is 13.8 Å². The third-order valence-electron chi connectivity index (χ3n) is 1.92. The molecule has 0 aromatic heterocycles. The predicted octanol–water partition coefficient (Wildman–Crippen LogP) is 1.22. The van der Waals surface area contributed by atoms with Crippen LogP contribution >= 0.6 is 0 Å². The van der Waals surface area contributed by atoms with Gasteiger partial charge in [-0.1, -0.05) is 13.8 Å². The summed E-state index contributed by atoms with van der Waals surface area (Å²) in [4.78, 5) is 23.6. The smallest absolute Gasteiger partial charge is 0.240 e. The number of carbonyl (C=O) groups is 2. The lowest BCUT2D eigenvalue weighted by Crippen LogP contribution is -2.33. The Morgan fingerprint density at radius 1 is 1.07 bits per heavy atom. The molecule has 1 N–H and O–H groups in total. The molecule has 0 aliphatic heterocycles. The number of carbonyl (C=O) groups excluding carboxylic acids is 2. The topological polar surface area (TPSA) is 61.2 Å². The van der Waals surface area contributed by atoms with Crippen molar-refractivity contribution in [2.75, 3.05) is 13.1 Å². The lowest BCUT2D eigenvalue weighted by Gasteiger charge is -2.21. The van der Waals surface area contributed by atoms with Crippen LogP contribution in [0.5, 0.6) is 0 Å². The lowest BCUT2D eigenvalue weighted by atomic mass is 10.2. The second kappa shape index (κ2) is 7.35. The van der Waals surface area contributed by atoms with Crippen molar-refractivity contribution in [2.45, 2.75) is 39.5 Å². The Kier molecular flexibility index (Phi) is 6.80. The number of amides is 2. The summed E-state index contributed by atoms with van der Waals surface area (Å²) in [5.74, 6) is -0.508. The first-order valence-corrected chi connectivity index (χ1v) is 5.14. The van der Waals surface area contributed by atoms with Crippen molar-refractivity contribution in [1.82, 2.24) is 10.6 Å². The minimum absolute atomic E-state index is 0.0931. The van der Waals surface area contributed by atoms with E-state index in [1.54, 1.807) is 4.90 Å². The molecule has 0 aliphatic carbocycles. The normalized spacial score (nSPS) is 9.86. The maximum absolute atomic E-state index is 11.5. The molecular weight excluding hydrogens is 180 g/mol. The quantitative estimate of drug-likeness (QED) is 0.619. The van der Waals surface area contributed by atoms with E-state index >= 15 is 0 Å². The fourth-order valence-electron chi connectivity index (χ4n) is 1.24. The second-order valence-electron chi connectivity index (χ2n) is 3.30. The minimum Gasteiger partial charge on any atom is -0.342 e. The van der Waals surface area contributed by atoms with Gasteiger partial charge in [-0.25, -0.2) is 0 Å². The number of nitrogens with zero attached hydrogens (tertiary/aromatic N) is 1. The molecule has 4 nitrogen and oxygen atoms in total. The van der Waals surface area contributed by atoms with Crippen LogP contribution in [-0.2, 0) is 9.59 Å². The third kappa shape index (κ3) is 5.56. The molecule has 2 amide bonds. The highest BCUT2D eigenvalue weighted by Crippen LogP contribution is 2.00. The third-order valence-corrected chi connectivity index (χ3v) is 1.92. The molecule has 0 aliphatic rings. The first-order chi connectivity index (χ1) is 6.61. The zero-order valence-electron chi connectivity index (χ0n) is 9.01. The first kappa shape index (κ1) is 12.9. The molecule has 0 fully saturated rings. The molecule has 1 radical (unpaired) electrons. The summed E-state index contributed by atoms with van der Waals surface area (Å²) in [7, 11) is 0. The molecule has 0 aromatic carbocycles. The molecule has 4 heteroatoms. The fourth-order valence-corrected chi connectivity index (χ4v) is 1.24. The average molecular weight is 199 g/mol. The molecule has 0 rings (SSSR count). The van der Waals surface area contributed by atoms with Gasteiger partial charge in [0.15, 0.2) is 0 Å². The lowest BCUT2D eigenvalue weighted by molar-refractivity contribution is -0.131. The summed E-state index contributed by atoms with van der Waals surface area (Å²) < 4.78 is 0. The van der Waals surface area contributed by atoms with Crippen molar-refractivity contribution in [2.24, 2.45) is 0 Å². The van der Waals surface area contributed by atoms with Gasteiger partial charge in [0.25, 0.3) is 0 Å². The molecule has 0 unspecified atom stereocenters. The standard InChI is InChI=1S/C10H19N2O2/c1-3-5-10(14)12(7-4-2)8-6-9(11)13/h11H,3-8H2,1-2H3. The van der Waals surface area contributed by atoms with E-state index in [0.29, 0.717) is 19.5 Å². The van der Waals surface area contributed by atoms with Crippen molar-refractivity contribution in [1.29, 1.82) is 0 Å². The molecule has 0 spiro atoms. The van der Waals surface area contributed by atoms with Crippen molar-refractivity contribution < 1.29 is 9.59 Å². The molecule has 0 atom stereocenters. The average Bonchev–Trinajstić information content (AvgIpc) is 2.12. The van der Waals surface area contributed by atoms with Gasteiger partial charge in [0.05, 0.1) is 0 Å². The van der Waals surface area contributed by atoms with Crippen LogP contribution < -0.4 is 5.73 Å². The van der Waals surface area contributed by atoms with E-state index in [-0.39, 0.29) is 12.3 Å². The Balaban J connectivity index is 3.99. The summed E-state index contributed by atoms with van der Waals surface area (Å²) >= 11 is 0. The van der Waals surface area contributed by atoms with E-state index in [1.165, 1.54) is 0 Å². The van der Waals surface area contributed by atoms with Crippen LogP contribution in [0.4, 0.5) is 0 Å². The summed E-state index contributed by atoms with van der Waals surface area (Å²) in [5, 5.41) is 0. The SMILES string of the molecule is CCCC(=O)N(CCC)CCC([NH])=O. The largest absolute Gasteiger partial charge is 0.342 e. The molecule has 0 saturated heterocycles. The van der Waals surface area contributed by atoms with Gasteiger partial charge >= 0.3 is 0 Å². The Morgan fingerprint density at radius 2 is 1.71 bits per heavy atom. The maximum Gasteiger partial charge on any atom is 0.240 e. The minimum atomic E-state index is -0.601. The van der Waals surface area contributed by atoms with Crippen molar-refractivity contribution >= 4 is 11.8 Å². The van der Waals surface area contributed by atoms with Crippen LogP contribution in [0.1, 0.15) is 39.5 Å². The second-order valence-corrected chi connectivity index (χ2v) is 3.30. The van der Waals surface area contributed by atoms with Gasteiger partial charge in [0, 0.05) is 25.9 Å². The van der Waals surface area contributed by atoms with E-state index in [0.717, 1.165) is 12.8 Å². The van der Waals surface area contributed by atoms with Crippen LogP contribution in [0.2, 0.25) is 0 Å². The number of hydrogen-bond acceptors (Lipinski definition) is 2. The Hall–Kier alpha value is -1.06.